The highest BCUT2D eigenvalue weighted by Gasteiger charge is 2.14. The summed E-state index contributed by atoms with van der Waals surface area (Å²) in [6.45, 7) is 0.576. The number of carboxylic acid groups (broad SMARTS) is 1. The van der Waals surface area contributed by atoms with Gasteiger partial charge in [-0.25, -0.2) is 9.59 Å². The van der Waals surface area contributed by atoms with Crippen LogP contribution in [-0.4, -0.2) is 35.7 Å². The number of halogens is 1. The third-order valence-corrected chi connectivity index (χ3v) is 4.15. The molecule has 7 heteroatoms. The second-order valence-electron chi connectivity index (χ2n) is 4.40. The van der Waals surface area contributed by atoms with Crippen LogP contribution >= 0.6 is 27.7 Å². The first-order chi connectivity index (χ1) is 10.1. The Morgan fingerprint density at radius 2 is 2.05 bits per heavy atom. The van der Waals surface area contributed by atoms with E-state index < -0.39 is 12.0 Å². The molecule has 3 N–H and O–H groups in total. The Bertz CT molecular complexity index is 497. The molecule has 1 aromatic carbocycles. The quantitative estimate of drug-likeness (QED) is 0.604. The largest absolute Gasteiger partial charge is 0.478 e. The maximum absolute atomic E-state index is 11.8. The van der Waals surface area contributed by atoms with E-state index in [1.807, 2.05) is 11.8 Å². The van der Waals surface area contributed by atoms with Gasteiger partial charge < -0.3 is 15.7 Å². The predicted octanol–water partition coefficient (Wildman–Crippen LogP) is 3.80. The van der Waals surface area contributed by atoms with Crippen molar-refractivity contribution in [2.45, 2.75) is 19.3 Å². The number of anilines is 1. The molecule has 0 heterocycles. The summed E-state index contributed by atoms with van der Waals surface area (Å²) in [5.74, 6) is 0.0502. The van der Waals surface area contributed by atoms with E-state index >= 15 is 0 Å². The van der Waals surface area contributed by atoms with Crippen molar-refractivity contribution in [3.05, 3.63) is 28.2 Å². The van der Waals surface area contributed by atoms with E-state index in [2.05, 4.69) is 32.8 Å². The number of benzene rings is 1. The van der Waals surface area contributed by atoms with E-state index in [4.69, 9.17) is 5.11 Å². The molecule has 0 unspecified atom stereocenters. The first kappa shape index (κ1) is 17.8. The molecular formula is C14H19BrN2O3S. The van der Waals surface area contributed by atoms with E-state index in [1.165, 1.54) is 6.07 Å². The molecule has 0 aliphatic carbocycles. The predicted molar refractivity (Wildman–Crippen MR) is 90.4 cm³/mol. The van der Waals surface area contributed by atoms with Crippen LogP contribution in [0.2, 0.25) is 0 Å². The number of aromatic carboxylic acids is 1. The van der Waals surface area contributed by atoms with Gasteiger partial charge in [-0.2, -0.15) is 11.8 Å². The molecule has 0 aliphatic rings. The van der Waals surface area contributed by atoms with Crippen molar-refractivity contribution in [2.75, 3.05) is 23.9 Å². The number of unbranched alkanes of at least 4 members (excludes halogenated alkanes) is 2. The molecule has 21 heavy (non-hydrogen) atoms. The number of urea groups is 1. The second-order valence-corrected chi connectivity index (χ2v) is 6.24. The van der Waals surface area contributed by atoms with Gasteiger partial charge in [-0.3, -0.25) is 0 Å². The molecule has 0 atom stereocenters. The van der Waals surface area contributed by atoms with Crippen LogP contribution in [-0.2, 0) is 0 Å². The standard InChI is InChI=1S/C14H19BrN2O3S/c1-21-9-4-2-3-8-16-14(20)17-12-10(13(18)19)6-5-7-11(12)15/h5-7H,2-4,8-9H2,1H3,(H,18,19)(H2,16,17,20). The second kappa shape index (κ2) is 9.68. The maximum Gasteiger partial charge on any atom is 0.337 e. The van der Waals surface area contributed by atoms with Gasteiger partial charge in [-0.1, -0.05) is 12.5 Å². The highest BCUT2D eigenvalue weighted by molar-refractivity contribution is 9.10. The van der Waals surface area contributed by atoms with Gasteiger partial charge in [-0.15, -0.1) is 0 Å². The average molecular weight is 375 g/mol. The van der Waals surface area contributed by atoms with Crippen LogP contribution in [0.4, 0.5) is 10.5 Å². The van der Waals surface area contributed by atoms with Crippen molar-refractivity contribution < 1.29 is 14.7 Å². The Morgan fingerprint density at radius 1 is 1.29 bits per heavy atom. The van der Waals surface area contributed by atoms with Gasteiger partial charge in [0, 0.05) is 11.0 Å². The van der Waals surface area contributed by atoms with Crippen LogP contribution in [0.5, 0.6) is 0 Å². The van der Waals surface area contributed by atoms with Gasteiger partial charge in [0.1, 0.15) is 0 Å². The summed E-state index contributed by atoms with van der Waals surface area (Å²) in [7, 11) is 0. The monoisotopic (exact) mass is 374 g/mol. The minimum atomic E-state index is -1.08. The Labute approximate surface area is 137 Å². The number of para-hydroxylation sites is 1. The summed E-state index contributed by atoms with van der Waals surface area (Å²) in [5.41, 5.74) is 0.323. The minimum Gasteiger partial charge on any atom is -0.478 e. The number of carbonyl (C=O) groups is 2. The smallest absolute Gasteiger partial charge is 0.337 e. The summed E-state index contributed by atoms with van der Waals surface area (Å²) in [5, 5.41) is 14.4. The fourth-order valence-electron chi connectivity index (χ4n) is 1.74. The van der Waals surface area contributed by atoms with Crippen LogP contribution < -0.4 is 10.6 Å². The van der Waals surface area contributed by atoms with Crippen molar-refractivity contribution in [3.63, 3.8) is 0 Å². The maximum atomic E-state index is 11.8. The Morgan fingerprint density at radius 3 is 2.71 bits per heavy atom. The lowest BCUT2D eigenvalue weighted by Crippen LogP contribution is -2.30. The summed E-state index contributed by atoms with van der Waals surface area (Å²) in [4.78, 5) is 22.9. The zero-order valence-electron chi connectivity index (χ0n) is 11.8. The van der Waals surface area contributed by atoms with Gasteiger partial charge in [0.25, 0.3) is 0 Å². The molecule has 0 spiro atoms. The highest BCUT2D eigenvalue weighted by atomic mass is 79.9. The fourth-order valence-corrected chi connectivity index (χ4v) is 2.70. The van der Waals surface area contributed by atoms with Crippen LogP contribution in [0.25, 0.3) is 0 Å². The third kappa shape index (κ3) is 6.39. The number of amides is 2. The molecule has 0 bridgehead atoms. The number of carboxylic acids is 1. The number of rotatable bonds is 8. The first-order valence-corrected chi connectivity index (χ1v) is 8.80. The van der Waals surface area contributed by atoms with Gasteiger partial charge in [0.05, 0.1) is 11.3 Å². The SMILES string of the molecule is CSCCCCCNC(=O)Nc1c(Br)cccc1C(=O)O. The van der Waals surface area contributed by atoms with E-state index in [9.17, 15) is 9.59 Å². The molecule has 2 amide bonds. The number of thioether (sulfide) groups is 1. The Balaban J connectivity index is 2.46. The lowest BCUT2D eigenvalue weighted by Gasteiger charge is -2.11. The normalized spacial score (nSPS) is 10.2. The fraction of sp³-hybridized carbons (Fsp3) is 0.429. The van der Waals surface area contributed by atoms with E-state index in [0.29, 0.717) is 11.0 Å². The lowest BCUT2D eigenvalue weighted by atomic mass is 10.2. The van der Waals surface area contributed by atoms with Crippen molar-refractivity contribution in [3.8, 4) is 0 Å². The minimum absolute atomic E-state index is 0.0551. The van der Waals surface area contributed by atoms with Crippen LogP contribution in [0.1, 0.15) is 29.6 Å². The zero-order chi connectivity index (χ0) is 15.7. The molecule has 0 radical (unpaired) electrons. The Hall–Kier alpha value is -1.21. The number of hydrogen-bond donors (Lipinski definition) is 3. The number of carbonyl (C=O) groups excluding carboxylic acids is 1. The van der Waals surface area contributed by atoms with Crippen molar-refractivity contribution in [1.29, 1.82) is 0 Å². The molecule has 0 fully saturated rings. The molecular weight excluding hydrogens is 356 g/mol. The molecule has 1 aromatic rings. The highest BCUT2D eigenvalue weighted by Crippen LogP contribution is 2.26. The van der Waals surface area contributed by atoms with Crippen molar-refractivity contribution in [1.82, 2.24) is 5.32 Å². The molecule has 0 aromatic heterocycles. The van der Waals surface area contributed by atoms with Crippen LogP contribution in [0.3, 0.4) is 0 Å². The molecule has 116 valence electrons. The van der Waals surface area contributed by atoms with Gasteiger partial charge >= 0.3 is 12.0 Å². The van der Waals surface area contributed by atoms with Gasteiger partial charge in [-0.05, 0) is 52.9 Å². The number of hydrogen-bond acceptors (Lipinski definition) is 3. The first-order valence-electron chi connectivity index (χ1n) is 6.62. The van der Waals surface area contributed by atoms with E-state index in [1.54, 1.807) is 12.1 Å². The zero-order valence-corrected chi connectivity index (χ0v) is 14.2. The third-order valence-electron chi connectivity index (χ3n) is 2.79. The summed E-state index contributed by atoms with van der Waals surface area (Å²) in [6.07, 6.45) is 5.19. The van der Waals surface area contributed by atoms with E-state index in [0.717, 1.165) is 25.0 Å². The topological polar surface area (TPSA) is 78.4 Å². The van der Waals surface area contributed by atoms with Crippen molar-refractivity contribution >= 4 is 45.4 Å². The molecule has 0 saturated carbocycles. The molecule has 0 saturated heterocycles. The lowest BCUT2D eigenvalue weighted by molar-refractivity contribution is 0.0698. The summed E-state index contributed by atoms with van der Waals surface area (Å²) in [6, 6.07) is 4.35. The summed E-state index contributed by atoms with van der Waals surface area (Å²) < 4.78 is 0.539. The van der Waals surface area contributed by atoms with Crippen LogP contribution in [0.15, 0.2) is 22.7 Å². The summed E-state index contributed by atoms with van der Waals surface area (Å²) >= 11 is 5.06. The van der Waals surface area contributed by atoms with Gasteiger partial charge in [0.2, 0.25) is 0 Å². The van der Waals surface area contributed by atoms with Gasteiger partial charge in [0.15, 0.2) is 0 Å². The number of nitrogens with one attached hydrogen (secondary N) is 2. The average Bonchev–Trinajstić information content (AvgIpc) is 2.44. The molecule has 5 nitrogen and oxygen atoms in total. The molecule has 0 aliphatic heterocycles. The molecule has 1 rings (SSSR count). The van der Waals surface area contributed by atoms with Crippen molar-refractivity contribution in [2.24, 2.45) is 0 Å². The van der Waals surface area contributed by atoms with Crippen LogP contribution in [0, 0.1) is 0 Å². The van der Waals surface area contributed by atoms with E-state index in [-0.39, 0.29) is 11.3 Å². The Kier molecular flexibility index (Phi) is 8.22.